The van der Waals surface area contributed by atoms with Gasteiger partial charge in [-0.15, -0.1) is 24.0 Å². The van der Waals surface area contributed by atoms with Crippen molar-refractivity contribution in [1.29, 1.82) is 0 Å². The molecule has 0 bridgehead atoms. The van der Waals surface area contributed by atoms with Crippen LogP contribution < -0.4 is 14.8 Å². The molecule has 0 saturated heterocycles. The van der Waals surface area contributed by atoms with E-state index in [1.165, 1.54) is 11.1 Å². The van der Waals surface area contributed by atoms with Gasteiger partial charge >= 0.3 is 5.97 Å². The number of hydrogen-bond donors (Lipinski definition) is 1. The van der Waals surface area contributed by atoms with E-state index in [9.17, 15) is 4.79 Å². The molecule has 0 aliphatic carbocycles. The fourth-order valence-corrected chi connectivity index (χ4v) is 3.13. The van der Waals surface area contributed by atoms with E-state index in [2.05, 4.69) is 28.2 Å². The SMILES string of the molecule is CCNC(=NCCCC(=O)OCC)N1CCc2cc(OC)c(OC)cc2C1.I. The van der Waals surface area contributed by atoms with Gasteiger partial charge in [0, 0.05) is 32.6 Å². The molecule has 0 aromatic heterocycles. The summed E-state index contributed by atoms with van der Waals surface area (Å²) in [4.78, 5) is 18.4. The largest absolute Gasteiger partial charge is 0.493 e. The lowest BCUT2D eigenvalue weighted by Gasteiger charge is -2.32. The summed E-state index contributed by atoms with van der Waals surface area (Å²) in [5.41, 5.74) is 2.50. The van der Waals surface area contributed by atoms with Crippen LogP contribution in [0.2, 0.25) is 0 Å². The molecule has 1 heterocycles. The van der Waals surface area contributed by atoms with E-state index in [1.807, 2.05) is 13.0 Å². The molecular formula is C20H32IN3O4. The summed E-state index contributed by atoms with van der Waals surface area (Å²) in [5.74, 6) is 2.23. The minimum Gasteiger partial charge on any atom is -0.493 e. The molecule has 8 heteroatoms. The van der Waals surface area contributed by atoms with Crippen molar-refractivity contribution in [2.24, 2.45) is 4.99 Å². The highest BCUT2D eigenvalue weighted by atomic mass is 127. The minimum atomic E-state index is -0.161. The lowest BCUT2D eigenvalue weighted by atomic mass is 9.99. The first-order valence-corrected chi connectivity index (χ1v) is 9.55. The highest BCUT2D eigenvalue weighted by Crippen LogP contribution is 2.33. The van der Waals surface area contributed by atoms with Crippen LogP contribution in [0.1, 0.15) is 37.8 Å². The number of hydrogen-bond acceptors (Lipinski definition) is 5. The molecule has 1 aromatic rings. The van der Waals surface area contributed by atoms with Crippen molar-refractivity contribution in [2.45, 2.75) is 39.7 Å². The molecule has 0 radical (unpaired) electrons. The number of benzene rings is 1. The lowest BCUT2D eigenvalue weighted by molar-refractivity contribution is -0.143. The lowest BCUT2D eigenvalue weighted by Crippen LogP contribution is -2.44. The van der Waals surface area contributed by atoms with Gasteiger partial charge in [0.25, 0.3) is 0 Å². The Kier molecular flexibility index (Phi) is 11.0. The number of aliphatic imine (C=N–C) groups is 1. The molecule has 1 N–H and O–H groups in total. The number of esters is 1. The fraction of sp³-hybridized carbons (Fsp3) is 0.600. The third kappa shape index (κ3) is 6.72. The molecule has 7 nitrogen and oxygen atoms in total. The molecule has 0 spiro atoms. The zero-order valence-corrected chi connectivity index (χ0v) is 19.6. The summed E-state index contributed by atoms with van der Waals surface area (Å²) in [6.45, 7) is 7.33. The van der Waals surface area contributed by atoms with Crippen molar-refractivity contribution >= 4 is 35.9 Å². The van der Waals surface area contributed by atoms with E-state index in [1.54, 1.807) is 14.2 Å². The maximum atomic E-state index is 11.4. The number of nitrogens with one attached hydrogen (secondary N) is 1. The number of nitrogens with zero attached hydrogens (tertiary/aromatic N) is 2. The van der Waals surface area contributed by atoms with Gasteiger partial charge in [-0.25, -0.2) is 0 Å². The highest BCUT2D eigenvalue weighted by Gasteiger charge is 2.21. The first-order chi connectivity index (χ1) is 13.1. The number of rotatable bonds is 8. The van der Waals surface area contributed by atoms with Gasteiger partial charge in [0.2, 0.25) is 0 Å². The minimum absolute atomic E-state index is 0. The van der Waals surface area contributed by atoms with Crippen LogP contribution in [0.4, 0.5) is 0 Å². The number of methoxy groups -OCH3 is 2. The summed E-state index contributed by atoms with van der Waals surface area (Å²) < 4.78 is 15.8. The number of carbonyl (C=O) groups is 1. The van der Waals surface area contributed by atoms with E-state index in [4.69, 9.17) is 14.2 Å². The first kappa shape index (κ1) is 24.3. The third-order valence-corrected chi connectivity index (χ3v) is 4.46. The van der Waals surface area contributed by atoms with Crippen LogP contribution in [-0.2, 0) is 22.5 Å². The molecule has 0 amide bonds. The molecule has 0 unspecified atom stereocenters. The predicted octanol–water partition coefficient (Wildman–Crippen LogP) is 2.99. The molecule has 1 aliphatic rings. The van der Waals surface area contributed by atoms with Crippen molar-refractivity contribution in [3.63, 3.8) is 0 Å². The summed E-state index contributed by atoms with van der Waals surface area (Å²) in [5, 5.41) is 3.35. The average molecular weight is 505 g/mol. The normalized spacial score (nSPS) is 13.3. The van der Waals surface area contributed by atoms with Gasteiger partial charge in [-0.3, -0.25) is 9.79 Å². The molecule has 0 fully saturated rings. The summed E-state index contributed by atoms with van der Waals surface area (Å²) in [7, 11) is 3.31. The molecule has 0 saturated carbocycles. The first-order valence-electron chi connectivity index (χ1n) is 9.55. The maximum Gasteiger partial charge on any atom is 0.305 e. The van der Waals surface area contributed by atoms with Crippen molar-refractivity contribution in [1.82, 2.24) is 10.2 Å². The Balaban J connectivity index is 0.00000392. The van der Waals surface area contributed by atoms with E-state index in [-0.39, 0.29) is 29.9 Å². The van der Waals surface area contributed by atoms with E-state index < -0.39 is 0 Å². The Hall–Kier alpha value is -1.71. The zero-order chi connectivity index (χ0) is 19.6. The topological polar surface area (TPSA) is 72.4 Å². The number of ether oxygens (including phenoxy) is 3. The van der Waals surface area contributed by atoms with Gasteiger partial charge in [0.05, 0.1) is 20.8 Å². The van der Waals surface area contributed by atoms with Crippen LogP contribution in [0.5, 0.6) is 11.5 Å². The van der Waals surface area contributed by atoms with Crippen LogP contribution in [-0.4, -0.2) is 57.3 Å². The standard InChI is InChI=1S/C20H31N3O4.HI/c1-5-21-20(22-10-7-8-19(24)27-6-2)23-11-9-15-12-17(25-3)18(26-4)13-16(15)14-23;/h12-13H,5-11,14H2,1-4H3,(H,21,22);1H. The fourth-order valence-electron chi connectivity index (χ4n) is 3.13. The van der Waals surface area contributed by atoms with Crippen molar-refractivity contribution in [3.8, 4) is 11.5 Å². The van der Waals surface area contributed by atoms with E-state index in [0.717, 1.165) is 43.5 Å². The maximum absolute atomic E-state index is 11.4. The summed E-state index contributed by atoms with van der Waals surface area (Å²) in [6, 6.07) is 4.11. The van der Waals surface area contributed by atoms with Crippen LogP contribution in [0.3, 0.4) is 0 Å². The van der Waals surface area contributed by atoms with Crippen LogP contribution in [0.25, 0.3) is 0 Å². The highest BCUT2D eigenvalue weighted by molar-refractivity contribution is 14.0. The molecule has 28 heavy (non-hydrogen) atoms. The van der Waals surface area contributed by atoms with Crippen LogP contribution in [0, 0.1) is 0 Å². The predicted molar refractivity (Wildman–Crippen MR) is 121 cm³/mol. The van der Waals surface area contributed by atoms with E-state index >= 15 is 0 Å². The Bertz CT molecular complexity index is 667. The monoisotopic (exact) mass is 505 g/mol. The van der Waals surface area contributed by atoms with Gasteiger partial charge in [0.1, 0.15) is 0 Å². The zero-order valence-electron chi connectivity index (χ0n) is 17.2. The van der Waals surface area contributed by atoms with E-state index in [0.29, 0.717) is 26.0 Å². The van der Waals surface area contributed by atoms with Gasteiger partial charge in [0.15, 0.2) is 17.5 Å². The number of halogens is 1. The number of guanidine groups is 1. The van der Waals surface area contributed by atoms with Crippen molar-refractivity contribution in [3.05, 3.63) is 23.3 Å². The number of carbonyl (C=O) groups excluding carboxylic acids is 1. The third-order valence-electron chi connectivity index (χ3n) is 4.46. The van der Waals surface area contributed by atoms with Crippen LogP contribution in [0.15, 0.2) is 17.1 Å². The smallest absolute Gasteiger partial charge is 0.305 e. The van der Waals surface area contributed by atoms with Gasteiger partial charge in [-0.05, 0) is 49.9 Å². The van der Waals surface area contributed by atoms with Gasteiger partial charge in [-0.2, -0.15) is 0 Å². The Morgan fingerprint density at radius 1 is 1.18 bits per heavy atom. The summed E-state index contributed by atoms with van der Waals surface area (Å²) >= 11 is 0. The van der Waals surface area contributed by atoms with Crippen molar-refractivity contribution in [2.75, 3.05) is 40.5 Å². The Morgan fingerprint density at radius 2 is 1.86 bits per heavy atom. The second-order valence-corrected chi connectivity index (χ2v) is 6.29. The second-order valence-electron chi connectivity index (χ2n) is 6.29. The molecule has 0 atom stereocenters. The molecule has 1 aliphatic heterocycles. The molecule has 1 aromatic carbocycles. The molecule has 2 rings (SSSR count). The number of fused-ring (bicyclic) bond motifs is 1. The Labute approximate surface area is 184 Å². The molecule has 158 valence electrons. The second kappa shape index (κ2) is 12.7. The molecular weight excluding hydrogens is 473 g/mol. The Morgan fingerprint density at radius 3 is 2.46 bits per heavy atom. The quantitative estimate of drug-likeness (QED) is 0.193. The van der Waals surface area contributed by atoms with Crippen molar-refractivity contribution < 1.29 is 19.0 Å². The van der Waals surface area contributed by atoms with Gasteiger partial charge < -0.3 is 24.4 Å². The average Bonchev–Trinajstić information content (AvgIpc) is 2.69. The van der Waals surface area contributed by atoms with Gasteiger partial charge in [-0.1, -0.05) is 0 Å². The van der Waals surface area contributed by atoms with Crippen LogP contribution >= 0.6 is 24.0 Å². The summed E-state index contributed by atoms with van der Waals surface area (Å²) in [6.07, 6.45) is 2.00.